The third-order valence-electron chi connectivity index (χ3n) is 11.6. The van der Waals surface area contributed by atoms with Crippen LogP contribution in [-0.4, -0.2) is 68.5 Å². The Morgan fingerprint density at radius 1 is 0.545 bits per heavy atom. The van der Waals surface area contributed by atoms with Crippen LogP contribution in [0.3, 0.4) is 0 Å². The lowest BCUT2D eigenvalue weighted by Crippen LogP contribution is -2.45. The molecule has 9 heteroatoms. The summed E-state index contributed by atoms with van der Waals surface area (Å²) in [5, 5.41) is 13.8. The Morgan fingerprint density at radius 3 is 1.41 bits per heavy atom. The van der Waals surface area contributed by atoms with Crippen molar-refractivity contribution in [2.45, 2.75) is 231 Å². The molecule has 0 aromatic rings. The van der Waals surface area contributed by atoms with Crippen molar-refractivity contribution >= 4 is 13.7 Å². The smallest absolute Gasteiger partial charge is 0.268 e. The molecule has 0 rings (SSSR count). The second-order valence-electron chi connectivity index (χ2n) is 19.2. The number of amides is 1. The van der Waals surface area contributed by atoms with E-state index in [2.05, 4.69) is 92.1 Å². The van der Waals surface area contributed by atoms with E-state index in [1.54, 1.807) is 6.08 Å². The summed E-state index contributed by atoms with van der Waals surface area (Å²) in [6, 6.07) is -0.923. The number of carbonyl (C=O) groups is 1. The summed E-state index contributed by atoms with van der Waals surface area (Å²) in [7, 11) is 1.21. The summed E-state index contributed by atoms with van der Waals surface area (Å²) in [6.07, 6.45) is 66.6. The highest BCUT2D eigenvalue weighted by atomic mass is 31.2. The zero-order chi connectivity index (χ0) is 48.5. The van der Waals surface area contributed by atoms with Crippen LogP contribution in [-0.2, 0) is 18.4 Å². The fraction of sp³-hybridized carbons (Fsp3) is 0.737. The molecule has 0 aromatic heterocycles. The fourth-order valence-electron chi connectivity index (χ4n) is 7.35. The van der Waals surface area contributed by atoms with Crippen LogP contribution in [0.2, 0.25) is 0 Å². The van der Waals surface area contributed by atoms with Gasteiger partial charge in [0, 0.05) is 6.42 Å². The van der Waals surface area contributed by atoms with Crippen LogP contribution in [0.15, 0.2) is 85.1 Å². The summed E-state index contributed by atoms with van der Waals surface area (Å²) in [5.41, 5.74) is 0. The zero-order valence-electron chi connectivity index (χ0n) is 43.4. The van der Waals surface area contributed by atoms with Crippen molar-refractivity contribution in [2.75, 3.05) is 40.9 Å². The van der Waals surface area contributed by atoms with Crippen molar-refractivity contribution in [2.24, 2.45) is 0 Å². The van der Waals surface area contributed by atoms with Gasteiger partial charge < -0.3 is 28.8 Å². The summed E-state index contributed by atoms with van der Waals surface area (Å²) in [6.45, 7) is 4.49. The molecule has 0 aliphatic carbocycles. The van der Waals surface area contributed by atoms with Crippen molar-refractivity contribution in [1.82, 2.24) is 5.32 Å². The number of rotatable bonds is 48. The summed E-state index contributed by atoms with van der Waals surface area (Å²) >= 11 is 0. The summed E-state index contributed by atoms with van der Waals surface area (Å²) in [5.74, 6) is -0.228. The van der Waals surface area contributed by atoms with E-state index in [0.29, 0.717) is 17.4 Å². The van der Waals surface area contributed by atoms with Gasteiger partial charge in [-0.2, -0.15) is 0 Å². The first-order valence-electron chi connectivity index (χ1n) is 26.9. The van der Waals surface area contributed by atoms with Crippen molar-refractivity contribution in [3.05, 3.63) is 85.1 Å². The number of carbonyl (C=O) groups excluding carboxylic acids is 1. The van der Waals surface area contributed by atoms with Gasteiger partial charge in [-0.05, 0) is 83.5 Å². The van der Waals surface area contributed by atoms with E-state index in [0.717, 1.165) is 89.9 Å². The van der Waals surface area contributed by atoms with Gasteiger partial charge in [-0.3, -0.25) is 9.36 Å². The Bertz CT molecular complexity index is 1350. The molecule has 0 heterocycles. The average molecular weight is 943 g/mol. The van der Waals surface area contributed by atoms with E-state index in [9.17, 15) is 19.4 Å². The molecule has 0 aromatic carbocycles. The summed E-state index contributed by atoms with van der Waals surface area (Å²) in [4.78, 5) is 25.4. The van der Waals surface area contributed by atoms with Gasteiger partial charge >= 0.3 is 0 Å². The number of hydrogen-bond donors (Lipinski definition) is 2. The van der Waals surface area contributed by atoms with Crippen molar-refractivity contribution in [3.63, 3.8) is 0 Å². The number of unbranched alkanes of at least 4 members (excludes halogenated alkanes) is 23. The molecule has 0 spiro atoms. The number of likely N-dealkylation sites (N-methyl/N-ethyl adjacent to an activating group) is 1. The predicted molar refractivity (Wildman–Crippen MR) is 283 cm³/mol. The van der Waals surface area contributed by atoms with E-state index in [1.165, 1.54) is 109 Å². The molecule has 66 heavy (non-hydrogen) atoms. The average Bonchev–Trinajstić information content (AvgIpc) is 3.28. The van der Waals surface area contributed by atoms with E-state index < -0.39 is 26.6 Å². The first kappa shape index (κ1) is 63.7. The molecule has 8 nitrogen and oxygen atoms in total. The van der Waals surface area contributed by atoms with Crippen molar-refractivity contribution < 1.29 is 32.9 Å². The lowest BCUT2D eigenvalue weighted by molar-refractivity contribution is -0.870. The number of nitrogens with zero attached hydrogens (tertiary/aromatic N) is 1. The van der Waals surface area contributed by atoms with E-state index >= 15 is 0 Å². The van der Waals surface area contributed by atoms with Gasteiger partial charge in [0.15, 0.2) is 0 Å². The number of phosphoric acid groups is 1. The first-order valence-corrected chi connectivity index (χ1v) is 28.4. The van der Waals surface area contributed by atoms with Crippen molar-refractivity contribution in [3.8, 4) is 0 Å². The van der Waals surface area contributed by atoms with E-state index in [4.69, 9.17) is 9.05 Å². The predicted octanol–water partition coefficient (Wildman–Crippen LogP) is 15.5. The number of quaternary nitrogens is 1. The lowest BCUT2D eigenvalue weighted by Gasteiger charge is -2.29. The van der Waals surface area contributed by atoms with E-state index in [1.807, 2.05) is 27.2 Å². The third kappa shape index (κ3) is 49.6. The normalized spacial score (nSPS) is 14.7. The topological polar surface area (TPSA) is 108 Å². The molecule has 382 valence electrons. The van der Waals surface area contributed by atoms with Crippen molar-refractivity contribution in [1.29, 1.82) is 0 Å². The fourth-order valence-corrected chi connectivity index (χ4v) is 8.07. The van der Waals surface area contributed by atoms with Crippen LogP contribution < -0.4 is 10.2 Å². The maximum absolute atomic E-state index is 12.9. The van der Waals surface area contributed by atoms with Crippen LogP contribution in [0.1, 0.15) is 219 Å². The molecule has 3 unspecified atom stereocenters. The Labute approximate surface area is 407 Å². The molecule has 1 amide bonds. The van der Waals surface area contributed by atoms with Crippen LogP contribution >= 0.6 is 7.82 Å². The first-order chi connectivity index (χ1) is 32.0. The molecule has 0 aliphatic heterocycles. The number of allylic oxidation sites excluding steroid dienone is 13. The minimum atomic E-state index is -4.62. The molecule has 0 fully saturated rings. The SMILES string of the molecule is CC/C=C\C/C=C\C/C=C\C/C=C\CCCCCCCCC(=O)NC(COP(=O)([O-])OCC[N+](C)(C)C)C(O)/C=C/CC/C=C/CC/C=C/CCCCCCCCCCCCCCCCC. The maximum atomic E-state index is 12.9. The highest BCUT2D eigenvalue weighted by Crippen LogP contribution is 2.38. The molecule has 0 bridgehead atoms. The van der Waals surface area contributed by atoms with Gasteiger partial charge in [0.05, 0.1) is 39.9 Å². The third-order valence-corrected chi connectivity index (χ3v) is 12.5. The van der Waals surface area contributed by atoms with Gasteiger partial charge in [0.25, 0.3) is 7.82 Å². The minimum absolute atomic E-state index is 0.0163. The Kier molecular flexibility index (Phi) is 46.1. The number of phosphoric ester groups is 1. The molecule has 0 saturated carbocycles. The highest BCUT2D eigenvalue weighted by Gasteiger charge is 2.23. The number of nitrogens with one attached hydrogen (secondary N) is 1. The maximum Gasteiger partial charge on any atom is 0.268 e. The van der Waals surface area contributed by atoms with Crippen LogP contribution in [0, 0.1) is 0 Å². The molecule has 0 radical (unpaired) electrons. The van der Waals surface area contributed by atoms with Gasteiger partial charge in [0.2, 0.25) is 5.91 Å². The lowest BCUT2D eigenvalue weighted by atomic mass is 10.0. The van der Waals surface area contributed by atoms with Crippen LogP contribution in [0.4, 0.5) is 0 Å². The Morgan fingerprint density at radius 2 is 0.939 bits per heavy atom. The van der Waals surface area contributed by atoms with Gasteiger partial charge in [-0.15, -0.1) is 0 Å². The number of aliphatic hydroxyl groups is 1. The monoisotopic (exact) mass is 943 g/mol. The van der Waals surface area contributed by atoms with Crippen LogP contribution in [0.25, 0.3) is 0 Å². The van der Waals surface area contributed by atoms with Gasteiger partial charge in [-0.25, -0.2) is 0 Å². The zero-order valence-corrected chi connectivity index (χ0v) is 44.3. The second-order valence-corrected chi connectivity index (χ2v) is 20.6. The quantitative estimate of drug-likeness (QED) is 0.0272. The Hall–Kier alpha value is -2.32. The molecular weight excluding hydrogens is 840 g/mol. The largest absolute Gasteiger partial charge is 0.756 e. The number of hydrogen-bond acceptors (Lipinski definition) is 6. The number of aliphatic hydroxyl groups excluding tert-OH is 1. The minimum Gasteiger partial charge on any atom is -0.756 e. The molecular formula is C57H103N2O6P. The van der Waals surface area contributed by atoms with E-state index in [-0.39, 0.29) is 12.5 Å². The molecule has 0 saturated heterocycles. The molecule has 2 N–H and O–H groups in total. The van der Waals surface area contributed by atoms with Crippen LogP contribution in [0.5, 0.6) is 0 Å². The molecule has 3 atom stereocenters. The van der Waals surface area contributed by atoms with Gasteiger partial charge in [-0.1, -0.05) is 214 Å². The van der Waals surface area contributed by atoms with Gasteiger partial charge in [0.1, 0.15) is 13.2 Å². The molecule has 0 aliphatic rings. The summed E-state index contributed by atoms with van der Waals surface area (Å²) < 4.78 is 23.3. The second kappa shape index (κ2) is 47.7. The highest BCUT2D eigenvalue weighted by molar-refractivity contribution is 7.45. The standard InChI is InChI=1S/C57H103N2O6P/c1-6-8-10-12-14-16-18-20-22-24-26-27-28-29-30-31-33-34-36-38-40-42-44-46-48-50-56(60)55(54-65-66(62,63)64-53-52-59(3,4)5)58-57(61)51-49-47-45-43-41-39-37-35-32-25-23-21-19-17-15-13-11-9-7-2/h9,11,15,17,21,23,32-35,40,42,48,50,55-56,60H,6-8,10,12-14,16,18-20,22,24-31,36-39,41,43-47,49,51-54H2,1-5H3,(H-,58,61,62,63)/b11-9-,17-15-,23-21-,34-33+,35-32-,42-40+,50-48+. The Balaban J connectivity index is 4.38.